The zero-order valence-electron chi connectivity index (χ0n) is 12.1. The fraction of sp³-hybridized carbons (Fsp3) is 0.438. The number of nitrogens with two attached hydrogens (primary N) is 1. The third-order valence-electron chi connectivity index (χ3n) is 2.99. The Labute approximate surface area is 120 Å². The summed E-state index contributed by atoms with van der Waals surface area (Å²) in [5.41, 5.74) is 5.88. The Bertz CT molecular complexity index is 517. The lowest BCUT2D eigenvalue weighted by atomic mass is 10.1. The molecular formula is C16H21FN2O. The van der Waals surface area contributed by atoms with Gasteiger partial charge in [-0.2, -0.15) is 0 Å². The van der Waals surface area contributed by atoms with Crippen molar-refractivity contribution in [3.05, 3.63) is 35.1 Å². The maximum absolute atomic E-state index is 13.8. The Hall–Kier alpha value is -1.86. The van der Waals surface area contributed by atoms with Crippen LogP contribution in [0.3, 0.4) is 0 Å². The largest absolute Gasteiger partial charge is 0.339 e. The highest BCUT2D eigenvalue weighted by atomic mass is 19.1. The SMILES string of the molecule is CCCCN(CC)C(=O)c1ccc(C#CCN)c(F)c1. The molecule has 0 bridgehead atoms. The smallest absolute Gasteiger partial charge is 0.253 e. The molecule has 0 aliphatic carbocycles. The normalized spacial score (nSPS) is 9.80. The summed E-state index contributed by atoms with van der Waals surface area (Å²) in [7, 11) is 0. The van der Waals surface area contributed by atoms with Crippen LogP contribution in [0.1, 0.15) is 42.6 Å². The molecule has 0 aromatic heterocycles. The zero-order chi connectivity index (χ0) is 15.0. The minimum Gasteiger partial charge on any atom is -0.339 e. The number of halogens is 1. The van der Waals surface area contributed by atoms with Gasteiger partial charge in [-0.15, -0.1) is 0 Å². The number of nitrogens with zero attached hydrogens (tertiary/aromatic N) is 1. The summed E-state index contributed by atoms with van der Waals surface area (Å²) in [5.74, 6) is 4.62. The number of hydrogen-bond donors (Lipinski definition) is 1. The average molecular weight is 276 g/mol. The van der Waals surface area contributed by atoms with Gasteiger partial charge in [-0.1, -0.05) is 25.2 Å². The third kappa shape index (κ3) is 4.36. The van der Waals surface area contributed by atoms with Crippen molar-refractivity contribution in [1.82, 2.24) is 4.90 Å². The molecule has 2 N–H and O–H groups in total. The summed E-state index contributed by atoms with van der Waals surface area (Å²) in [6.45, 7) is 5.49. The maximum atomic E-state index is 13.8. The third-order valence-corrected chi connectivity index (χ3v) is 2.99. The standard InChI is InChI=1S/C16H21FN2O/c1-3-5-11-19(4-2)16(20)14-9-8-13(7-6-10-18)15(17)12-14/h8-9,12H,3-5,10-11,18H2,1-2H3. The molecule has 20 heavy (non-hydrogen) atoms. The lowest BCUT2D eigenvalue weighted by Crippen LogP contribution is -2.31. The van der Waals surface area contributed by atoms with E-state index in [1.54, 1.807) is 11.0 Å². The van der Waals surface area contributed by atoms with Gasteiger partial charge in [0.15, 0.2) is 0 Å². The molecule has 1 rings (SSSR count). The van der Waals surface area contributed by atoms with Crippen molar-refractivity contribution in [1.29, 1.82) is 0 Å². The van der Waals surface area contributed by atoms with Crippen LogP contribution < -0.4 is 5.73 Å². The molecule has 0 atom stereocenters. The van der Waals surface area contributed by atoms with Crippen LogP contribution in [0.5, 0.6) is 0 Å². The van der Waals surface area contributed by atoms with E-state index in [0.717, 1.165) is 12.8 Å². The molecule has 0 fully saturated rings. The first-order valence-electron chi connectivity index (χ1n) is 6.91. The molecule has 1 aromatic carbocycles. The fourth-order valence-electron chi connectivity index (χ4n) is 1.83. The summed E-state index contributed by atoms with van der Waals surface area (Å²) in [5, 5.41) is 0. The monoisotopic (exact) mass is 276 g/mol. The number of rotatable bonds is 5. The molecule has 1 aromatic rings. The second kappa shape index (κ2) is 8.34. The van der Waals surface area contributed by atoms with Crippen LogP contribution >= 0.6 is 0 Å². The van der Waals surface area contributed by atoms with Crippen LogP contribution in [0.25, 0.3) is 0 Å². The summed E-state index contributed by atoms with van der Waals surface area (Å²) < 4.78 is 13.8. The molecule has 4 heteroatoms. The minimum atomic E-state index is -0.483. The van der Waals surface area contributed by atoms with Crippen LogP contribution in [-0.4, -0.2) is 30.4 Å². The Kier molecular flexibility index (Phi) is 6.75. The van der Waals surface area contributed by atoms with Gasteiger partial charge in [0.05, 0.1) is 12.1 Å². The van der Waals surface area contributed by atoms with Gasteiger partial charge in [0.1, 0.15) is 5.82 Å². The van der Waals surface area contributed by atoms with Crippen molar-refractivity contribution in [2.45, 2.75) is 26.7 Å². The van der Waals surface area contributed by atoms with Crippen molar-refractivity contribution < 1.29 is 9.18 Å². The van der Waals surface area contributed by atoms with Crippen LogP contribution in [0, 0.1) is 17.7 Å². The molecule has 0 saturated carbocycles. The van der Waals surface area contributed by atoms with Gasteiger partial charge in [-0.05, 0) is 31.5 Å². The minimum absolute atomic E-state index is 0.141. The second-order valence-corrected chi connectivity index (χ2v) is 4.44. The number of unbranched alkanes of at least 4 members (excludes halogenated alkanes) is 1. The van der Waals surface area contributed by atoms with E-state index in [-0.39, 0.29) is 18.0 Å². The second-order valence-electron chi connectivity index (χ2n) is 4.44. The number of carbonyl (C=O) groups is 1. The average Bonchev–Trinajstić information content (AvgIpc) is 2.46. The molecule has 0 radical (unpaired) electrons. The predicted octanol–water partition coefficient (Wildman–Crippen LogP) is 2.40. The van der Waals surface area contributed by atoms with Crippen LogP contribution in [0.15, 0.2) is 18.2 Å². The Morgan fingerprint density at radius 2 is 2.15 bits per heavy atom. The number of amides is 1. The van der Waals surface area contributed by atoms with Crippen LogP contribution in [-0.2, 0) is 0 Å². The molecule has 0 aliphatic rings. The van der Waals surface area contributed by atoms with Gasteiger partial charge in [0.25, 0.3) is 5.91 Å². The summed E-state index contributed by atoms with van der Waals surface area (Å²) in [4.78, 5) is 14.0. The summed E-state index contributed by atoms with van der Waals surface area (Å²) in [6.07, 6.45) is 1.97. The lowest BCUT2D eigenvalue weighted by Gasteiger charge is -2.20. The molecule has 108 valence electrons. The molecule has 0 spiro atoms. The first-order chi connectivity index (χ1) is 9.63. The maximum Gasteiger partial charge on any atom is 0.253 e. The van der Waals surface area contributed by atoms with Crippen LogP contribution in [0.4, 0.5) is 4.39 Å². The van der Waals surface area contributed by atoms with Gasteiger partial charge in [-0.3, -0.25) is 4.79 Å². The lowest BCUT2D eigenvalue weighted by molar-refractivity contribution is 0.0762. The van der Waals surface area contributed by atoms with E-state index in [9.17, 15) is 9.18 Å². The van der Waals surface area contributed by atoms with Crippen molar-refractivity contribution in [3.63, 3.8) is 0 Å². The Morgan fingerprint density at radius 1 is 1.40 bits per heavy atom. The van der Waals surface area contributed by atoms with E-state index >= 15 is 0 Å². The van der Waals surface area contributed by atoms with E-state index in [1.807, 2.05) is 6.92 Å². The first-order valence-corrected chi connectivity index (χ1v) is 6.91. The van der Waals surface area contributed by atoms with E-state index in [2.05, 4.69) is 18.8 Å². The van der Waals surface area contributed by atoms with Crippen LogP contribution in [0.2, 0.25) is 0 Å². The molecule has 1 amide bonds. The van der Waals surface area contributed by atoms with E-state index < -0.39 is 5.82 Å². The predicted molar refractivity (Wildman–Crippen MR) is 78.8 cm³/mol. The topological polar surface area (TPSA) is 46.3 Å². The van der Waals surface area contributed by atoms with Gasteiger partial charge in [0.2, 0.25) is 0 Å². The summed E-state index contributed by atoms with van der Waals surface area (Å²) in [6, 6.07) is 4.39. The van der Waals surface area contributed by atoms with Gasteiger partial charge >= 0.3 is 0 Å². The molecule has 0 unspecified atom stereocenters. The molecule has 0 aliphatic heterocycles. The van der Waals surface area contributed by atoms with E-state index in [0.29, 0.717) is 18.7 Å². The molecular weight excluding hydrogens is 255 g/mol. The quantitative estimate of drug-likeness (QED) is 0.839. The van der Waals surface area contributed by atoms with E-state index in [4.69, 9.17) is 5.73 Å². The van der Waals surface area contributed by atoms with Crippen molar-refractivity contribution in [2.75, 3.05) is 19.6 Å². The van der Waals surface area contributed by atoms with Gasteiger partial charge in [-0.25, -0.2) is 4.39 Å². The Morgan fingerprint density at radius 3 is 2.70 bits per heavy atom. The first kappa shape index (κ1) is 16.2. The molecule has 0 saturated heterocycles. The van der Waals surface area contributed by atoms with E-state index in [1.165, 1.54) is 12.1 Å². The number of hydrogen-bond acceptors (Lipinski definition) is 2. The zero-order valence-corrected chi connectivity index (χ0v) is 12.1. The van der Waals surface area contributed by atoms with Gasteiger partial charge < -0.3 is 10.6 Å². The Balaban J connectivity index is 2.90. The highest BCUT2D eigenvalue weighted by Gasteiger charge is 2.15. The van der Waals surface area contributed by atoms with Crippen molar-refractivity contribution >= 4 is 5.91 Å². The summed E-state index contributed by atoms with van der Waals surface area (Å²) >= 11 is 0. The van der Waals surface area contributed by atoms with Crippen molar-refractivity contribution in [3.8, 4) is 11.8 Å². The fourth-order valence-corrected chi connectivity index (χ4v) is 1.83. The molecule has 3 nitrogen and oxygen atoms in total. The number of carbonyl (C=O) groups excluding carboxylic acids is 1. The number of benzene rings is 1. The highest BCUT2D eigenvalue weighted by Crippen LogP contribution is 2.12. The van der Waals surface area contributed by atoms with Crippen molar-refractivity contribution in [2.24, 2.45) is 5.73 Å². The molecule has 0 heterocycles. The van der Waals surface area contributed by atoms with Gasteiger partial charge in [0, 0.05) is 18.7 Å². The highest BCUT2D eigenvalue weighted by molar-refractivity contribution is 5.94.